The Kier molecular flexibility index (Phi) is 3.99. The van der Waals surface area contributed by atoms with E-state index in [1.807, 2.05) is 25.1 Å². The number of aromatic nitrogens is 1. The zero-order valence-corrected chi connectivity index (χ0v) is 11.9. The molecule has 0 aliphatic carbocycles. The molecule has 0 spiro atoms. The van der Waals surface area contributed by atoms with Crippen LogP contribution in [0.2, 0.25) is 0 Å². The average Bonchev–Trinajstić information content (AvgIpc) is 2.36. The van der Waals surface area contributed by atoms with Crippen molar-refractivity contribution < 1.29 is 9.84 Å². The molecule has 0 amide bonds. The van der Waals surface area contributed by atoms with Crippen LogP contribution in [0.15, 0.2) is 34.9 Å². The van der Waals surface area contributed by atoms with E-state index in [0.717, 1.165) is 15.8 Å². The molecule has 0 atom stereocenters. The number of hydrogen-bond acceptors (Lipinski definition) is 3. The third-order valence-electron chi connectivity index (χ3n) is 2.76. The summed E-state index contributed by atoms with van der Waals surface area (Å²) in [5.41, 5.74) is 3.03. The van der Waals surface area contributed by atoms with Crippen molar-refractivity contribution in [2.24, 2.45) is 0 Å². The lowest BCUT2D eigenvalue weighted by Crippen LogP contribution is -1.95. The molecular weight excluding hydrogens is 294 g/mol. The monoisotopic (exact) mass is 307 g/mol. The van der Waals surface area contributed by atoms with Crippen LogP contribution in [-0.4, -0.2) is 10.1 Å². The first kappa shape index (κ1) is 13.1. The van der Waals surface area contributed by atoms with Gasteiger partial charge in [-0.2, -0.15) is 0 Å². The first-order valence-corrected chi connectivity index (χ1v) is 6.40. The number of aryl methyl sites for hydroxylation is 2. The van der Waals surface area contributed by atoms with Gasteiger partial charge in [-0.25, -0.2) is 4.98 Å². The van der Waals surface area contributed by atoms with Gasteiger partial charge in [0.2, 0.25) is 5.88 Å². The summed E-state index contributed by atoms with van der Waals surface area (Å²) in [7, 11) is 0. The minimum atomic E-state index is -0.105. The first-order valence-electron chi connectivity index (χ1n) is 5.60. The molecule has 0 radical (unpaired) electrons. The Morgan fingerprint density at radius 2 is 2.00 bits per heavy atom. The zero-order chi connectivity index (χ0) is 13.1. The Hall–Kier alpha value is -1.39. The van der Waals surface area contributed by atoms with Crippen molar-refractivity contribution >= 4 is 15.9 Å². The summed E-state index contributed by atoms with van der Waals surface area (Å²) < 4.78 is 6.52. The Morgan fingerprint density at radius 3 is 2.67 bits per heavy atom. The molecule has 0 bridgehead atoms. The fourth-order valence-electron chi connectivity index (χ4n) is 1.56. The Labute approximate surface area is 115 Å². The van der Waals surface area contributed by atoms with E-state index in [0.29, 0.717) is 11.4 Å². The maximum atomic E-state index is 9.28. The number of ether oxygens (including phenoxy) is 1. The molecule has 94 valence electrons. The van der Waals surface area contributed by atoms with E-state index in [1.54, 1.807) is 12.3 Å². The minimum absolute atomic E-state index is 0.105. The molecule has 2 rings (SSSR count). The number of aliphatic hydroxyl groups is 1. The van der Waals surface area contributed by atoms with Crippen LogP contribution in [-0.2, 0) is 6.61 Å². The molecule has 2 aromatic rings. The number of benzene rings is 1. The number of pyridine rings is 1. The van der Waals surface area contributed by atoms with Gasteiger partial charge in [-0.05, 0) is 59.1 Å². The molecule has 1 aromatic heterocycles. The molecule has 0 saturated heterocycles. The van der Waals surface area contributed by atoms with E-state index in [-0.39, 0.29) is 6.61 Å². The smallest absolute Gasteiger partial charge is 0.224 e. The van der Waals surface area contributed by atoms with Crippen LogP contribution in [0.4, 0.5) is 0 Å². The van der Waals surface area contributed by atoms with Gasteiger partial charge in [0.1, 0.15) is 5.75 Å². The standard InChI is InChI=1S/C14H14BrNO2/c1-9-3-4-13(5-10(9)2)18-14-11(8-17)6-12(15)7-16-14/h3-7,17H,8H2,1-2H3. The molecule has 1 aromatic carbocycles. The Balaban J connectivity index is 2.30. The third kappa shape index (κ3) is 2.89. The number of aliphatic hydroxyl groups excluding tert-OH is 1. The highest BCUT2D eigenvalue weighted by atomic mass is 79.9. The van der Waals surface area contributed by atoms with Crippen molar-refractivity contribution in [1.82, 2.24) is 4.98 Å². The fraction of sp³-hybridized carbons (Fsp3) is 0.214. The fourth-order valence-corrected chi connectivity index (χ4v) is 1.94. The van der Waals surface area contributed by atoms with Gasteiger partial charge in [-0.1, -0.05) is 6.07 Å². The number of rotatable bonds is 3. The third-order valence-corrected chi connectivity index (χ3v) is 3.19. The molecule has 1 N–H and O–H groups in total. The van der Waals surface area contributed by atoms with Crippen LogP contribution in [0, 0.1) is 13.8 Å². The zero-order valence-electron chi connectivity index (χ0n) is 10.3. The highest BCUT2D eigenvalue weighted by molar-refractivity contribution is 9.10. The topological polar surface area (TPSA) is 42.4 Å². The van der Waals surface area contributed by atoms with Gasteiger partial charge >= 0.3 is 0 Å². The van der Waals surface area contributed by atoms with Crippen molar-refractivity contribution in [2.75, 3.05) is 0 Å². The summed E-state index contributed by atoms with van der Waals surface area (Å²) in [6.07, 6.45) is 1.65. The predicted molar refractivity (Wildman–Crippen MR) is 73.8 cm³/mol. The molecule has 1 heterocycles. The molecule has 18 heavy (non-hydrogen) atoms. The summed E-state index contributed by atoms with van der Waals surface area (Å²) in [6.45, 7) is 3.98. The van der Waals surface area contributed by atoms with E-state index in [2.05, 4.69) is 27.8 Å². The Morgan fingerprint density at radius 1 is 1.22 bits per heavy atom. The normalized spacial score (nSPS) is 10.4. The summed E-state index contributed by atoms with van der Waals surface area (Å²) in [5, 5.41) is 9.28. The number of nitrogens with zero attached hydrogens (tertiary/aromatic N) is 1. The van der Waals surface area contributed by atoms with Gasteiger partial charge in [-0.3, -0.25) is 0 Å². The lowest BCUT2D eigenvalue weighted by molar-refractivity contribution is 0.275. The van der Waals surface area contributed by atoms with Crippen LogP contribution in [0.5, 0.6) is 11.6 Å². The molecule has 0 fully saturated rings. The van der Waals surface area contributed by atoms with Crippen molar-refractivity contribution in [2.45, 2.75) is 20.5 Å². The molecule has 0 unspecified atom stereocenters. The number of hydrogen-bond donors (Lipinski definition) is 1. The van der Waals surface area contributed by atoms with Crippen molar-refractivity contribution in [3.8, 4) is 11.6 Å². The predicted octanol–water partition coefficient (Wildman–Crippen LogP) is 3.75. The number of halogens is 1. The van der Waals surface area contributed by atoms with Crippen LogP contribution in [0.3, 0.4) is 0 Å². The second-order valence-corrected chi connectivity index (χ2v) is 5.04. The molecular formula is C14H14BrNO2. The average molecular weight is 308 g/mol. The largest absolute Gasteiger partial charge is 0.439 e. The van der Waals surface area contributed by atoms with Gasteiger partial charge in [0.25, 0.3) is 0 Å². The maximum Gasteiger partial charge on any atom is 0.224 e. The quantitative estimate of drug-likeness (QED) is 0.939. The highest BCUT2D eigenvalue weighted by Crippen LogP contribution is 2.26. The molecule has 4 heteroatoms. The van der Waals surface area contributed by atoms with Gasteiger partial charge in [0.05, 0.1) is 6.61 Å². The summed E-state index contributed by atoms with van der Waals surface area (Å²) in [4.78, 5) is 4.17. The summed E-state index contributed by atoms with van der Waals surface area (Å²) in [6, 6.07) is 7.65. The van der Waals surface area contributed by atoms with Gasteiger partial charge in [0, 0.05) is 16.2 Å². The minimum Gasteiger partial charge on any atom is -0.439 e. The highest BCUT2D eigenvalue weighted by Gasteiger charge is 2.07. The van der Waals surface area contributed by atoms with Gasteiger partial charge in [-0.15, -0.1) is 0 Å². The van der Waals surface area contributed by atoms with E-state index < -0.39 is 0 Å². The summed E-state index contributed by atoms with van der Waals surface area (Å²) in [5.74, 6) is 1.16. The maximum absolute atomic E-state index is 9.28. The molecule has 0 saturated carbocycles. The van der Waals surface area contributed by atoms with Gasteiger partial charge < -0.3 is 9.84 Å². The van der Waals surface area contributed by atoms with Crippen molar-refractivity contribution in [3.05, 3.63) is 51.6 Å². The van der Waals surface area contributed by atoms with E-state index in [1.165, 1.54) is 5.56 Å². The SMILES string of the molecule is Cc1ccc(Oc2ncc(Br)cc2CO)cc1C. The molecule has 0 aliphatic heterocycles. The molecule has 3 nitrogen and oxygen atoms in total. The second-order valence-electron chi connectivity index (χ2n) is 4.12. The van der Waals surface area contributed by atoms with Crippen LogP contribution in [0.25, 0.3) is 0 Å². The van der Waals surface area contributed by atoms with Crippen LogP contribution >= 0.6 is 15.9 Å². The molecule has 0 aliphatic rings. The lowest BCUT2D eigenvalue weighted by atomic mass is 10.1. The van der Waals surface area contributed by atoms with Crippen molar-refractivity contribution in [3.63, 3.8) is 0 Å². The van der Waals surface area contributed by atoms with Crippen LogP contribution < -0.4 is 4.74 Å². The van der Waals surface area contributed by atoms with Crippen LogP contribution in [0.1, 0.15) is 16.7 Å². The lowest BCUT2D eigenvalue weighted by Gasteiger charge is -2.10. The van der Waals surface area contributed by atoms with E-state index in [4.69, 9.17) is 4.74 Å². The second kappa shape index (κ2) is 5.50. The van der Waals surface area contributed by atoms with Gasteiger partial charge in [0.15, 0.2) is 0 Å². The summed E-state index contributed by atoms with van der Waals surface area (Å²) >= 11 is 3.31. The van der Waals surface area contributed by atoms with Crippen molar-refractivity contribution in [1.29, 1.82) is 0 Å². The Bertz CT molecular complexity index is 570. The first-order chi connectivity index (χ1) is 8.60. The van der Waals surface area contributed by atoms with E-state index >= 15 is 0 Å². The van der Waals surface area contributed by atoms with E-state index in [9.17, 15) is 5.11 Å².